The van der Waals surface area contributed by atoms with E-state index < -0.39 is 32.5 Å². The number of benzene rings is 1. The number of sulfonamides is 1. The third-order valence-electron chi connectivity index (χ3n) is 3.17. The molecule has 0 unspecified atom stereocenters. The molecule has 2 heterocycles. The van der Waals surface area contributed by atoms with Crippen molar-refractivity contribution in [1.82, 2.24) is 19.6 Å². The normalized spacial score (nSPS) is 11.8. The van der Waals surface area contributed by atoms with Crippen LogP contribution in [0.5, 0.6) is 0 Å². The van der Waals surface area contributed by atoms with Crippen LogP contribution in [0.25, 0.3) is 5.78 Å². The molecule has 1 N–H and O–H groups in total. The Morgan fingerprint density at radius 3 is 2.61 bits per heavy atom. The van der Waals surface area contributed by atoms with Crippen LogP contribution >= 0.6 is 0 Å². The second kappa shape index (κ2) is 5.23. The minimum Gasteiger partial charge on any atom is -0.271 e. The van der Waals surface area contributed by atoms with E-state index in [1.54, 1.807) is 13.0 Å². The molecule has 0 spiro atoms. The van der Waals surface area contributed by atoms with Crippen molar-refractivity contribution in [2.75, 3.05) is 4.72 Å². The fourth-order valence-electron chi connectivity index (χ4n) is 1.93. The zero-order chi connectivity index (χ0) is 16.8. The molecular formula is C13H11F2N5O2S. The van der Waals surface area contributed by atoms with Crippen LogP contribution in [0.4, 0.5) is 14.5 Å². The molecule has 7 nitrogen and oxygen atoms in total. The van der Waals surface area contributed by atoms with Gasteiger partial charge in [-0.1, -0.05) is 6.07 Å². The number of nitrogens with one attached hydrogen (secondary N) is 1. The van der Waals surface area contributed by atoms with Crippen molar-refractivity contribution in [3.8, 4) is 0 Å². The first kappa shape index (κ1) is 15.3. The van der Waals surface area contributed by atoms with E-state index in [2.05, 4.69) is 15.1 Å². The summed E-state index contributed by atoms with van der Waals surface area (Å²) in [6.07, 6.45) is 1.45. The van der Waals surface area contributed by atoms with Gasteiger partial charge in [-0.25, -0.2) is 18.3 Å². The van der Waals surface area contributed by atoms with Gasteiger partial charge in [-0.15, -0.1) is 5.10 Å². The van der Waals surface area contributed by atoms with Crippen molar-refractivity contribution < 1.29 is 17.2 Å². The average Bonchev–Trinajstić information content (AvgIpc) is 2.94. The van der Waals surface area contributed by atoms with Gasteiger partial charge in [0.2, 0.25) is 0 Å². The fraction of sp³-hybridized carbons (Fsp3) is 0.154. The van der Waals surface area contributed by atoms with Crippen molar-refractivity contribution in [2.24, 2.45) is 0 Å². The number of aryl methyl sites for hydroxylation is 2. The largest absolute Gasteiger partial charge is 0.299 e. The third-order valence-corrected chi connectivity index (χ3v) is 4.30. The Kier molecular flexibility index (Phi) is 3.48. The Morgan fingerprint density at radius 2 is 1.91 bits per heavy atom. The summed E-state index contributed by atoms with van der Waals surface area (Å²) in [6, 6.07) is 3.80. The van der Waals surface area contributed by atoms with Gasteiger partial charge in [0.05, 0.1) is 0 Å². The molecule has 0 amide bonds. The highest BCUT2D eigenvalue weighted by Crippen LogP contribution is 2.24. The lowest BCUT2D eigenvalue weighted by molar-refractivity contribution is 0.575. The molecule has 23 heavy (non-hydrogen) atoms. The standard InChI is InChI=1S/C13H11F2N5O2S/c1-7-3-4-9(14)11(10(7)15)19-23(21,22)13-17-12-16-6-5-8(2)20(12)18-13/h3-6,19H,1-2H3. The number of anilines is 1. The van der Waals surface area contributed by atoms with Gasteiger partial charge in [0.15, 0.2) is 5.82 Å². The summed E-state index contributed by atoms with van der Waals surface area (Å²) < 4.78 is 55.3. The quantitative estimate of drug-likeness (QED) is 0.786. The first-order valence-corrected chi connectivity index (χ1v) is 7.94. The van der Waals surface area contributed by atoms with Crippen LogP contribution in [0.2, 0.25) is 0 Å². The molecule has 0 bridgehead atoms. The van der Waals surface area contributed by atoms with Gasteiger partial charge in [0.1, 0.15) is 11.5 Å². The molecule has 0 aliphatic heterocycles. The van der Waals surface area contributed by atoms with Crippen LogP contribution in [-0.4, -0.2) is 28.0 Å². The molecule has 0 saturated carbocycles. The van der Waals surface area contributed by atoms with Crippen molar-refractivity contribution in [2.45, 2.75) is 19.0 Å². The summed E-state index contributed by atoms with van der Waals surface area (Å²) in [6.45, 7) is 3.08. The minimum atomic E-state index is -4.37. The number of hydrogen-bond acceptors (Lipinski definition) is 5. The second-order valence-electron chi connectivity index (χ2n) is 4.85. The predicted octanol–water partition coefficient (Wildman–Crippen LogP) is 1.82. The zero-order valence-electron chi connectivity index (χ0n) is 12.1. The average molecular weight is 339 g/mol. The molecule has 3 aromatic rings. The molecular weight excluding hydrogens is 328 g/mol. The number of rotatable bonds is 3. The van der Waals surface area contributed by atoms with E-state index in [9.17, 15) is 17.2 Å². The zero-order valence-corrected chi connectivity index (χ0v) is 12.9. The Labute approximate surface area is 130 Å². The Hall–Kier alpha value is -2.62. The molecule has 0 radical (unpaired) electrons. The number of halogens is 2. The van der Waals surface area contributed by atoms with E-state index in [-0.39, 0.29) is 11.3 Å². The number of aromatic nitrogens is 4. The van der Waals surface area contributed by atoms with Crippen LogP contribution in [0, 0.1) is 25.5 Å². The molecule has 0 fully saturated rings. The Morgan fingerprint density at radius 1 is 1.17 bits per heavy atom. The molecule has 1 aromatic carbocycles. The van der Waals surface area contributed by atoms with Gasteiger partial charge >= 0.3 is 0 Å². The van der Waals surface area contributed by atoms with Crippen LogP contribution < -0.4 is 4.72 Å². The van der Waals surface area contributed by atoms with E-state index >= 15 is 0 Å². The molecule has 2 aromatic heterocycles. The molecule has 0 saturated heterocycles. The summed E-state index contributed by atoms with van der Waals surface area (Å²) in [5.41, 5.74) is -0.0602. The highest BCUT2D eigenvalue weighted by Gasteiger charge is 2.25. The number of nitrogens with zero attached hydrogens (tertiary/aromatic N) is 4. The van der Waals surface area contributed by atoms with E-state index in [1.807, 2.05) is 4.72 Å². The third kappa shape index (κ3) is 2.61. The summed E-state index contributed by atoms with van der Waals surface area (Å²) in [5.74, 6) is -1.96. The molecule has 3 rings (SSSR count). The highest BCUT2D eigenvalue weighted by atomic mass is 32.2. The van der Waals surface area contributed by atoms with E-state index in [0.29, 0.717) is 5.69 Å². The SMILES string of the molecule is Cc1ccc(F)c(NS(=O)(=O)c2nc3nccc(C)n3n2)c1F. The minimum absolute atomic E-state index is 0.0653. The van der Waals surface area contributed by atoms with Crippen molar-refractivity contribution >= 4 is 21.5 Å². The maximum atomic E-state index is 14.0. The molecule has 0 aliphatic carbocycles. The van der Waals surface area contributed by atoms with E-state index in [0.717, 1.165) is 6.07 Å². The van der Waals surface area contributed by atoms with Crippen LogP contribution in [0.1, 0.15) is 11.3 Å². The summed E-state index contributed by atoms with van der Waals surface area (Å²) >= 11 is 0. The number of hydrogen-bond donors (Lipinski definition) is 1. The summed E-state index contributed by atoms with van der Waals surface area (Å²) in [5, 5.41) is 3.18. The lowest BCUT2D eigenvalue weighted by Gasteiger charge is -2.08. The predicted molar refractivity (Wildman–Crippen MR) is 77.4 cm³/mol. The monoisotopic (exact) mass is 339 g/mol. The van der Waals surface area contributed by atoms with Gasteiger partial charge in [0.25, 0.3) is 21.0 Å². The Bertz CT molecular complexity index is 1020. The van der Waals surface area contributed by atoms with E-state index in [4.69, 9.17) is 0 Å². The molecule has 0 aliphatic rings. The topological polar surface area (TPSA) is 89.2 Å². The first-order chi connectivity index (χ1) is 10.8. The van der Waals surface area contributed by atoms with Gasteiger partial charge in [0, 0.05) is 11.9 Å². The van der Waals surface area contributed by atoms with Gasteiger partial charge < -0.3 is 0 Å². The van der Waals surface area contributed by atoms with Gasteiger partial charge in [-0.05, 0) is 31.5 Å². The second-order valence-corrected chi connectivity index (χ2v) is 6.43. The Balaban J connectivity index is 2.08. The van der Waals surface area contributed by atoms with Gasteiger partial charge in [-0.2, -0.15) is 13.4 Å². The van der Waals surface area contributed by atoms with Crippen LogP contribution in [0.15, 0.2) is 29.6 Å². The van der Waals surface area contributed by atoms with Crippen molar-refractivity contribution in [3.63, 3.8) is 0 Å². The fourth-order valence-corrected chi connectivity index (χ4v) is 2.87. The summed E-state index contributed by atoms with van der Waals surface area (Å²) in [7, 11) is -4.37. The summed E-state index contributed by atoms with van der Waals surface area (Å²) in [4.78, 5) is 7.65. The smallest absolute Gasteiger partial charge is 0.271 e. The lowest BCUT2D eigenvalue weighted by atomic mass is 10.2. The maximum absolute atomic E-state index is 14.0. The molecule has 120 valence electrons. The molecule has 0 atom stereocenters. The van der Waals surface area contributed by atoms with Crippen LogP contribution in [-0.2, 0) is 10.0 Å². The van der Waals surface area contributed by atoms with Crippen LogP contribution in [0.3, 0.4) is 0 Å². The number of fused-ring (bicyclic) bond motifs is 1. The maximum Gasteiger partial charge on any atom is 0.299 e. The van der Waals surface area contributed by atoms with Crippen molar-refractivity contribution in [3.05, 3.63) is 47.3 Å². The van der Waals surface area contributed by atoms with Crippen molar-refractivity contribution in [1.29, 1.82) is 0 Å². The molecule has 10 heteroatoms. The lowest BCUT2D eigenvalue weighted by Crippen LogP contribution is -2.17. The van der Waals surface area contributed by atoms with Gasteiger partial charge in [-0.3, -0.25) is 4.72 Å². The highest BCUT2D eigenvalue weighted by molar-refractivity contribution is 7.92. The first-order valence-electron chi connectivity index (χ1n) is 6.45. The van der Waals surface area contributed by atoms with E-state index in [1.165, 1.54) is 23.7 Å².